The van der Waals surface area contributed by atoms with Crippen LogP contribution in [0.4, 0.5) is 10.8 Å². The number of fused-ring (bicyclic) bond motifs is 1. The van der Waals surface area contributed by atoms with Crippen LogP contribution in [-0.4, -0.2) is 18.6 Å². The molecule has 1 aromatic carbocycles. The molecule has 0 aliphatic carbocycles. The lowest BCUT2D eigenvalue weighted by Crippen LogP contribution is -2.13. The summed E-state index contributed by atoms with van der Waals surface area (Å²) < 4.78 is 0. The quantitative estimate of drug-likeness (QED) is 0.902. The van der Waals surface area contributed by atoms with E-state index in [1.165, 1.54) is 21.8 Å². The maximum atomic E-state index is 4.98. The lowest BCUT2D eigenvalue weighted by atomic mass is 10.0. The van der Waals surface area contributed by atoms with Gasteiger partial charge in [-0.25, -0.2) is 4.98 Å². The van der Waals surface area contributed by atoms with Crippen LogP contribution in [0.3, 0.4) is 0 Å². The van der Waals surface area contributed by atoms with Crippen molar-refractivity contribution in [2.45, 2.75) is 39.2 Å². The molecule has 1 N–H and O–H groups in total. The van der Waals surface area contributed by atoms with E-state index in [4.69, 9.17) is 4.98 Å². The molecule has 0 amide bonds. The molecule has 0 fully saturated rings. The standard InChI is InChI=1S/C17H23N3S/c1-4-12(2)16-15(11-18-3)21-17(19-16)20-10-9-13-7-5-6-8-14(13)20/h5-8,12,18H,4,9-11H2,1-3H3. The fraction of sp³-hybridized carbons (Fsp3) is 0.471. The van der Waals surface area contributed by atoms with E-state index in [9.17, 15) is 0 Å². The highest BCUT2D eigenvalue weighted by Gasteiger charge is 2.24. The number of anilines is 2. The van der Waals surface area contributed by atoms with Crippen molar-refractivity contribution >= 4 is 22.2 Å². The van der Waals surface area contributed by atoms with Gasteiger partial charge in [0.05, 0.1) is 5.69 Å². The Hall–Kier alpha value is -1.39. The van der Waals surface area contributed by atoms with Crippen LogP contribution >= 0.6 is 11.3 Å². The zero-order valence-corrected chi connectivity index (χ0v) is 13.8. The van der Waals surface area contributed by atoms with Crippen molar-refractivity contribution in [2.75, 3.05) is 18.5 Å². The monoisotopic (exact) mass is 301 g/mol. The Morgan fingerprint density at radius 2 is 2.19 bits per heavy atom. The first-order chi connectivity index (χ1) is 10.2. The van der Waals surface area contributed by atoms with Crippen molar-refractivity contribution < 1.29 is 0 Å². The van der Waals surface area contributed by atoms with E-state index in [0.29, 0.717) is 5.92 Å². The second-order valence-corrected chi connectivity index (χ2v) is 6.74. The van der Waals surface area contributed by atoms with Crippen molar-refractivity contribution in [1.82, 2.24) is 10.3 Å². The highest BCUT2D eigenvalue weighted by molar-refractivity contribution is 7.15. The molecule has 1 unspecified atom stereocenters. The van der Waals surface area contributed by atoms with E-state index in [-0.39, 0.29) is 0 Å². The molecule has 1 aromatic heterocycles. The van der Waals surface area contributed by atoms with Gasteiger partial charge in [0.1, 0.15) is 0 Å². The number of nitrogens with zero attached hydrogens (tertiary/aromatic N) is 2. The van der Waals surface area contributed by atoms with E-state index in [1.54, 1.807) is 0 Å². The summed E-state index contributed by atoms with van der Waals surface area (Å²) >= 11 is 1.84. The summed E-state index contributed by atoms with van der Waals surface area (Å²) in [6.07, 6.45) is 2.26. The molecule has 1 aliphatic heterocycles. The molecule has 0 bridgehead atoms. The summed E-state index contributed by atoms with van der Waals surface area (Å²) in [6.45, 7) is 6.46. The van der Waals surface area contributed by atoms with Gasteiger partial charge in [0.2, 0.25) is 0 Å². The van der Waals surface area contributed by atoms with Crippen LogP contribution < -0.4 is 10.2 Å². The molecule has 0 saturated carbocycles. The van der Waals surface area contributed by atoms with Crippen molar-refractivity contribution in [3.05, 3.63) is 40.4 Å². The molecule has 1 atom stereocenters. The summed E-state index contributed by atoms with van der Waals surface area (Å²) in [5.74, 6) is 0.524. The molecule has 3 rings (SSSR count). The minimum Gasteiger partial charge on any atom is -0.317 e. The summed E-state index contributed by atoms with van der Waals surface area (Å²) in [7, 11) is 2.00. The van der Waals surface area contributed by atoms with Crippen LogP contribution in [0.15, 0.2) is 24.3 Å². The van der Waals surface area contributed by atoms with Crippen LogP contribution in [0.5, 0.6) is 0 Å². The summed E-state index contributed by atoms with van der Waals surface area (Å²) in [6, 6.07) is 8.69. The lowest BCUT2D eigenvalue weighted by Gasteiger charge is -2.15. The first kappa shape index (κ1) is 14.5. The van der Waals surface area contributed by atoms with Crippen molar-refractivity contribution in [2.24, 2.45) is 0 Å². The maximum Gasteiger partial charge on any atom is 0.190 e. The van der Waals surface area contributed by atoms with Gasteiger partial charge < -0.3 is 10.2 Å². The zero-order valence-electron chi connectivity index (χ0n) is 13.0. The molecule has 112 valence electrons. The number of aromatic nitrogens is 1. The summed E-state index contributed by atoms with van der Waals surface area (Å²) in [5.41, 5.74) is 4.04. The third kappa shape index (κ3) is 2.70. The van der Waals surface area contributed by atoms with Crippen LogP contribution in [0.2, 0.25) is 0 Å². The number of hydrogen-bond acceptors (Lipinski definition) is 4. The van der Waals surface area contributed by atoms with Gasteiger partial charge >= 0.3 is 0 Å². The molecule has 2 aromatic rings. The third-order valence-corrected chi connectivity index (χ3v) is 5.34. The predicted molar refractivity (Wildman–Crippen MR) is 90.7 cm³/mol. The van der Waals surface area contributed by atoms with Crippen molar-refractivity contribution in [1.29, 1.82) is 0 Å². The Balaban J connectivity index is 1.96. The van der Waals surface area contributed by atoms with E-state index >= 15 is 0 Å². The molecule has 2 heterocycles. The molecule has 0 spiro atoms. The Kier molecular flexibility index (Phi) is 4.27. The van der Waals surface area contributed by atoms with E-state index in [1.807, 2.05) is 18.4 Å². The van der Waals surface area contributed by atoms with E-state index in [2.05, 4.69) is 48.3 Å². The van der Waals surface area contributed by atoms with Gasteiger partial charge in [0.15, 0.2) is 5.13 Å². The largest absolute Gasteiger partial charge is 0.317 e. The number of hydrogen-bond donors (Lipinski definition) is 1. The van der Waals surface area contributed by atoms with Gasteiger partial charge in [-0.3, -0.25) is 0 Å². The van der Waals surface area contributed by atoms with Gasteiger partial charge in [-0.15, -0.1) is 0 Å². The normalized spacial score (nSPS) is 15.3. The summed E-state index contributed by atoms with van der Waals surface area (Å²) in [5, 5.41) is 4.43. The van der Waals surface area contributed by atoms with Crippen LogP contribution in [0.1, 0.15) is 42.3 Å². The number of nitrogens with one attached hydrogen (secondary N) is 1. The highest BCUT2D eigenvalue weighted by atomic mass is 32.1. The molecule has 3 nitrogen and oxygen atoms in total. The Labute approximate surface area is 131 Å². The second kappa shape index (κ2) is 6.16. The van der Waals surface area contributed by atoms with Crippen LogP contribution in [0.25, 0.3) is 0 Å². The first-order valence-electron chi connectivity index (χ1n) is 7.74. The van der Waals surface area contributed by atoms with E-state index in [0.717, 1.165) is 31.1 Å². The minimum atomic E-state index is 0.524. The van der Waals surface area contributed by atoms with Gasteiger partial charge in [0.25, 0.3) is 0 Å². The number of rotatable bonds is 5. The van der Waals surface area contributed by atoms with E-state index < -0.39 is 0 Å². The number of benzene rings is 1. The van der Waals surface area contributed by atoms with Crippen molar-refractivity contribution in [3.63, 3.8) is 0 Å². The molecule has 4 heteroatoms. The average Bonchev–Trinajstić information content (AvgIpc) is 3.10. The first-order valence-corrected chi connectivity index (χ1v) is 8.55. The third-order valence-electron chi connectivity index (χ3n) is 4.25. The fourth-order valence-electron chi connectivity index (χ4n) is 2.87. The van der Waals surface area contributed by atoms with Gasteiger partial charge in [-0.1, -0.05) is 43.4 Å². The lowest BCUT2D eigenvalue weighted by molar-refractivity contribution is 0.693. The van der Waals surface area contributed by atoms with Crippen molar-refractivity contribution in [3.8, 4) is 0 Å². The second-order valence-electron chi connectivity index (χ2n) is 5.67. The average molecular weight is 301 g/mol. The van der Waals surface area contributed by atoms with Crippen LogP contribution in [-0.2, 0) is 13.0 Å². The Bertz CT molecular complexity index is 620. The van der Waals surface area contributed by atoms with Crippen LogP contribution in [0, 0.1) is 0 Å². The SMILES string of the molecule is CCC(C)c1nc(N2CCc3ccccc32)sc1CNC. The molecule has 0 radical (unpaired) electrons. The molecular formula is C17H23N3S. The minimum absolute atomic E-state index is 0.524. The number of para-hydroxylation sites is 1. The number of thiazole rings is 1. The summed E-state index contributed by atoms with van der Waals surface area (Å²) in [4.78, 5) is 8.75. The Morgan fingerprint density at radius 3 is 2.95 bits per heavy atom. The fourth-order valence-corrected chi connectivity index (χ4v) is 4.10. The van der Waals surface area contributed by atoms with Gasteiger partial charge in [-0.05, 0) is 37.4 Å². The molecule has 0 saturated heterocycles. The molecule has 1 aliphatic rings. The molecular weight excluding hydrogens is 278 g/mol. The Morgan fingerprint density at radius 1 is 1.38 bits per heavy atom. The predicted octanol–water partition coefficient (Wildman–Crippen LogP) is 4.07. The zero-order chi connectivity index (χ0) is 14.8. The topological polar surface area (TPSA) is 28.2 Å². The van der Waals surface area contributed by atoms with Gasteiger partial charge in [-0.2, -0.15) is 0 Å². The molecule has 21 heavy (non-hydrogen) atoms. The van der Waals surface area contributed by atoms with Gasteiger partial charge in [0, 0.05) is 23.7 Å². The maximum absolute atomic E-state index is 4.98. The smallest absolute Gasteiger partial charge is 0.190 e. The highest BCUT2D eigenvalue weighted by Crippen LogP contribution is 2.39.